The predicted molar refractivity (Wildman–Crippen MR) is 46.6 cm³/mol. The van der Waals surface area contributed by atoms with E-state index in [1.54, 1.807) is 0 Å². The molecule has 3 heteroatoms. The first kappa shape index (κ1) is 9.52. The summed E-state index contributed by atoms with van der Waals surface area (Å²) in [6, 6.07) is 0. The molecule has 2 N–H and O–H groups in total. The quantitative estimate of drug-likeness (QED) is 0.462. The fraction of sp³-hybridized carbons (Fsp3) is 0.889. The Hall–Kier alpha value is -0.570. The minimum absolute atomic E-state index is 0.0167. The standard InChI is InChI=1S/C9H17NO2/c10-7-5-3-1-2-4-6-8-9(11)12-8/h8H,1-7,10H2. The van der Waals surface area contributed by atoms with Crippen LogP contribution in [0.2, 0.25) is 0 Å². The van der Waals surface area contributed by atoms with Gasteiger partial charge in [-0.05, 0) is 25.8 Å². The molecule has 1 aliphatic rings. The van der Waals surface area contributed by atoms with Crippen LogP contribution in [-0.2, 0) is 9.53 Å². The van der Waals surface area contributed by atoms with Crippen LogP contribution in [0.1, 0.15) is 38.5 Å². The zero-order valence-corrected chi connectivity index (χ0v) is 7.42. The molecule has 1 unspecified atom stereocenters. The van der Waals surface area contributed by atoms with Crippen LogP contribution >= 0.6 is 0 Å². The van der Waals surface area contributed by atoms with E-state index >= 15 is 0 Å². The predicted octanol–water partition coefficient (Wildman–Crippen LogP) is 1.21. The lowest BCUT2D eigenvalue weighted by atomic mass is 10.1. The molecule has 1 aliphatic heterocycles. The van der Waals surface area contributed by atoms with Crippen molar-refractivity contribution in [2.45, 2.75) is 44.6 Å². The van der Waals surface area contributed by atoms with Crippen molar-refractivity contribution in [2.75, 3.05) is 6.54 Å². The number of hydrogen-bond acceptors (Lipinski definition) is 3. The van der Waals surface area contributed by atoms with Crippen LogP contribution in [-0.4, -0.2) is 18.6 Å². The zero-order valence-electron chi connectivity index (χ0n) is 7.42. The van der Waals surface area contributed by atoms with Gasteiger partial charge in [0.2, 0.25) is 0 Å². The second-order valence-electron chi connectivity index (χ2n) is 3.27. The Kier molecular flexibility index (Phi) is 4.08. The van der Waals surface area contributed by atoms with Crippen LogP contribution in [0.25, 0.3) is 0 Å². The summed E-state index contributed by atoms with van der Waals surface area (Å²) >= 11 is 0. The van der Waals surface area contributed by atoms with Crippen LogP contribution in [0, 0.1) is 0 Å². The van der Waals surface area contributed by atoms with Gasteiger partial charge in [0, 0.05) is 0 Å². The normalized spacial score (nSPS) is 20.8. The molecule has 1 atom stereocenters. The van der Waals surface area contributed by atoms with Gasteiger partial charge in [0.25, 0.3) is 0 Å². The van der Waals surface area contributed by atoms with Gasteiger partial charge >= 0.3 is 5.97 Å². The molecule has 1 rings (SSSR count). The van der Waals surface area contributed by atoms with E-state index in [2.05, 4.69) is 4.74 Å². The van der Waals surface area contributed by atoms with Crippen molar-refractivity contribution in [2.24, 2.45) is 5.73 Å². The molecule has 0 aromatic rings. The summed E-state index contributed by atoms with van der Waals surface area (Å²) in [5, 5.41) is 0. The molecule has 0 aliphatic carbocycles. The largest absolute Gasteiger partial charge is 0.448 e. The molecule has 1 fully saturated rings. The van der Waals surface area contributed by atoms with E-state index in [9.17, 15) is 4.79 Å². The highest BCUT2D eigenvalue weighted by molar-refractivity contribution is 5.87. The Morgan fingerprint density at radius 3 is 2.33 bits per heavy atom. The third-order valence-electron chi connectivity index (χ3n) is 2.13. The van der Waals surface area contributed by atoms with Gasteiger partial charge in [-0.25, -0.2) is 4.79 Å². The van der Waals surface area contributed by atoms with Crippen molar-refractivity contribution < 1.29 is 9.53 Å². The van der Waals surface area contributed by atoms with E-state index in [-0.39, 0.29) is 12.1 Å². The number of cyclic esters (lactones) is 1. The van der Waals surface area contributed by atoms with Gasteiger partial charge < -0.3 is 10.5 Å². The highest BCUT2D eigenvalue weighted by Gasteiger charge is 2.36. The molecule has 12 heavy (non-hydrogen) atoms. The van der Waals surface area contributed by atoms with Gasteiger partial charge in [-0.2, -0.15) is 0 Å². The van der Waals surface area contributed by atoms with E-state index in [4.69, 9.17) is 5.73 Å². The Morgan fingerprint density at radius 2 is 1.75 bits per heavy atom. The average molecular weight is 171 g/mol. The van der Waals surface area contributed by atoms with Crippen LogP contribution in [0.15, 0.2) is 0 Å². The zero-order chi connectivity index (χ0) is 8.81. The molecule has 3 nitrogen and oxygen atoms in total. The summed E-state index contributed by atoms with van der Waals surface area (Å²) in [5.41, 5.74) is 5.36. The van der Waals surface area contributed by atoms with Crippen LogP contribution < -0.4 is 5.73 Å². The SMILES string of the molecule is NCCCCCCCC1OC1=O. The summed E-state index contributed by atoms with van der Waals surface area (Å²) in [4.78, 5) is 10.4. The molecule has 0 spiro atoms. The highest BCUT2D eigenvalue weighted by Crippen LogP contribution is 2.19. The van der Waals surface area contributed by atoms with Crippen molar-refractivity contribution in [3.63, 3.8) is 0 Å². The first-order valence-corrected chi connectivity index (χ1v) is 4.75. The number of ether oxygens (including phenoxy) is 1. The number of hydrogen-bond donors (Lipinski definition) is 1. The molecule has 1 saturated heterocycles. The fourth-order valence-electron chi connectivity index (χ4n) is 1.29. The maximum Gasteiger partial charge on any atom is 0.348 e. The second kappa shape index (κ2) is 5.14. The number of rotatable bonds is 7. The number of nitrogens with two attached hydrogens (primary N) is 1. The van der Waals surface area contributed by atoms with Gasteiger partial charge in [0.05, 0.1) is 0 Å². The molecular weight excluding hydrogens is 154 g/mol. The number of unbranched alkanes of at least 4 members (excludes halogenated alkanes) is 4. The number of carbonyl (C=O) groups is 1. The monoisotopic (exact) mass is 171 g/mol. The number of epoxide rings is 1. The molecule has 0 radical (unpaired) electrons. The molecular formula is C9H17NO2. The van der Waals surface area contributed by atoms with Gasteiger partial charge in [0.15, 0.2) is 6.10 Å². The Balaban J connectivity index is 1.74. The van der Waals surface area contributed by atoms with E-state index < -0.39 is 0 Å². The molecule has 0 saturated carbocycles. The molecule has 70 valence electrons. The second-order valence-corrected chi connectivity index (χ2v) is 3.27. The van der Waals surface area contributed by atoms with Crippen molar-refractivity contribution in [1.29, 1.82) is 0 Å². The minimum atomic E-state index is -0.0421. The van der Waals surface area contributed by atoms with Gasteiger partial charge in [-0.15, -0.1) is 0 Å². The summed E-state index contributed by atoms with van der Waals surface area (Å²) in [6.07, 6.45) is 6.77. The third kappa shape index (κ3) is 3.72. The highest BCUT2D eigenvalue weighted by atomic mass is 16.6. The Morgan fingerprint density at radius 1 is 1.17 bits per heavy atom. The first-order chi connectivity index (χ1) is 5.84. The average Bonchev–Trinajstić information content (AvgIpc) is 2.74. The van der Waals surface area contributed by atoms with Crippen molar-refractivity contribution in [1.82, 2.24) is 0 Å². The van der Waals surface area contributed by atoms with E-state index in [0.717, 1.165) is 25.8 Å². The molecule has 1 heterocycles. The molecule has 0 aromatic heterocycles. The molecule has 0 aromatic carbocycles. The van der Waals surface area contributed by atoms with Gasteiger partial charge in [-0.1, -0.05) is 19.3 Å². The lowest BCUT2D eigenvalue weighted by Gasteiger charge is -1.97. The number of carbonyl (C=O) groups excluding carboxylic acids is 1. The van der Waals surface area contributed by atoms with E-state index in [1.165, 1.54) is 19.3 Å². The maximum absolute atomic E-state index is 10.4. The van der Waals surface area contributed by atoms with Crippen LogP contribution in [0.3, 0.4) is 0 Å². The van der Waals surface area contributed by atoms with Crippen molar-refractivity contribution >= 4 is 5.97 Å². The van der Waals surface area contributed by atoms with Gasteiger partial charge in [0.1, 0.15) is 0 Å². The smallest absolute Gasteiger partial charge is 0.348 e. The Bertz CT molecular complexity index is 147. The van der Waals surface area contributed by atoms with Gasteiger partial charge in [-0.3, -0.25) is 0 Å². The van der Waals surface area contributed by atoms with Crippen molar-refractivity contribution in [3.8, 4) is 0 Å². The summed E-state index contributed by atoms with van der Waals surface area (Å²) < 4.78 is 4.69. The Labute approximate surface area is 73.3 Å². The van der Waals surface area contributed by atoms with Crippen LogP contribution in [0.4, 0.5) is 0 Å². The molecule has 0 bridgehead atoms. The van der Waals surface area contributed by atoms with Crippen molar-refractivity contribution in [3.05, 3.63) is 0 Å². The fourth-order valence-corrected chi connectivity index (χ4v) is 1.29. The summed E-state index contributed by atoms with van der Waals surface area (Å²) in [5.74, 6) is -0.0167. The third-order valence-corrected chi connectivity index (χ3v) is 2.13. The lowest BCUT2D eigenvalue weighted by molar-refractivity contribution is -0.117. The summed E-state index contributed by atoms with van der Waals surface area (Å²) in [7, 11) is 0. The summed E-state index contributed by atoms with van der Waals surface area (Å²) in [6.45, 7) is 0.796. The topological polar surface area (TPSA) is 55.6 Å². The van der Waals surface area contributed by atoms with E-state index in [1.807, 2.05) is 0 Å². The molecule has 0 amide bonds. The minimum Gasteiger partial charge on any atom is -0.448 e. The van der Waals surface area contributed by atoms with E-state index in [0.29, 0.717) is 0 Å². The first-order valence-electron chi connectivity index (χ1n) is 4.75. The maximum atomic E-state index is 10.4. The van der Waals surface area contributed by atoms with Crippen LogP contribution in [0.5, 0.6) is 0 Å². The lowest BCUT2D eigenvalue weighted by Crippen LogP contribution is -1.97.